The van der Waals surface area contributed by atoms with Crippen molar-refractivity contribution in [2.45, 2.75) is 13.5 Å². The Balaban J connectivity index is 2.48. The Kier molecular flexibility index (Phi) is 6.35. The Morgan fingerprint density at radius 1 is 1.39 bits per heavy atom. The molecule has 0 radical (unpaired) electrons. The predicted molar refractivity (Wildman–Crippen MR) is 70.4 cm³/mol. The Morgan fingerprint density at radius 2 is 2.17 bits per heavy atom. The van der Waals surface area contributed by atoms with Crippen molar-refractivity contribution in [3.63, 3.8) is 0 Å². The lowest BCUT2D eigenvalue weighted by Crippen LogP contribution is -2.20. The number of methoxy groups -OCH3 is 1. The summed E-state index contributed by atoms with van der Waals surface area (Å²) in [5.41, 5.74) is 8.32. The van der Waals surface area contributed by atoms with Crippen molar-refractivity contribution in [3.8, 4) is 0 Å². The van der Waals surface area contributed by atoms with E-state index in [9.17, 15) is 4.79 Å². The number of anilines is 1. The van der Waals surface area contributed by atoms with Crippen molar-refractivity contribution in [3.05, 3.63) is 29.3 Å². The van der Waals surface area contributed by atoms with E-state index in [1.54, 1.807) is 7.11 Å². The average molecular weight is 252 g/mol. The first-order valence-electron chi connectivity index (χ1n) is 5.83. The van der Waals surface area contributed by atoms with Crippen molar-refractivity contribution in [2.24, 2.45) is 5.73 Å². The number of ether oxygens (including phenoxy) is 2. The van der Waals surface area contributed by atoms with Gasteiger partial charge in [-0.25, -0.2) is 0 Å². The van der Waals surface area contributed by atoms with Crippen LogP contribution in [0, 0.1) is 6.92 Å². The maximum Gasteiger partial charge on any atom is 0.250 e. The van der Waals surface area contributed by atoms with Gasteiger partial charge >= 0.3 is 0 Å². The maximum atomic E-state index is 11.6. The summed E-state index contributed by atoms with van der Waals surface area (Å²) in [6.07, 6.45) is 0. The molecule has 0 fully saturated rings. The van der Waals surface area contributed by atoms with Crippen LogP contribution in [0.5, 0.6) is 0 Å². The van der Waals surface area contributed by atoms with Crippen LogP contribution in [0.25, 0.3) is 0 Å². The molecule has 0 aliphatic carbocycles. The molecule has 0 saturated heterocycles. The zero-order valence-electron chi connectivity index (χ0n) is 10.9. The maximum absolute atomic E-state index is 11.6. The SMILES string of the molecule is COCCOCC(=O)Nc1cc(CN)ccc1C. The molecule has 3 N–H and O–H groups in total. The molecule has 0 aliphatic heterocycles. The van der Waals surface area contributed by atoms with Crippen LogP contribution in [-0.2, 0) is 20.8 Å². The van der Waals surface area contributed by atoms with E-state index < -0.39 is 0 Å². The van der Waals surface area contributed by atoms with Crippen LogP contribution in [-0.4, -0.2) is 32.8 Å². The molecule has 100 valence electrons. The molecule has 0 saturated carbocycles. The first-order chi connectivity index (χ1) is 8.67. The van der Waals surface area contributed by atoms with Crippen molar-refractivity contribution >= 4 is 11.6 Å². The van der Waals surface area contributed by atoms with E-state index in [1.807, 2.05) is 25.1 Å². The number of aryl methyl sites for hydroxylation is 1. The highest BCUT2D eigenvalue weighted by Crippen LogP contribution is 2.16. The van der Waals surface area contributed by atoms with E-state index in [4.69, 9.17) is 15.2 Å². The van der Waals surface area contributed by atoms with Gasteiger partial charge in [0.05, 0.1) is 13.2 Å². The minimum atomic E-state index is -0.177. The van der Waals surface area contributed by atoms with Gasteiger partial charge in [-0.1, -0.05) is 12.1 Å². The number of benzene rings is 1. The van der Waals surface area contributed by atoms with Crippen LogP contribution < -0.4 is 11.1 Å². The van der Waals surface area contributed by atoms with E-state index in [-0.39, 0.29) is 12.5 Å². The molecule has 0 spiro atoms. The lowest BCUT2D eigenvalue weighted by molar-refractivity contribution is -0.121. The highest BCUT2D eigenvalue weighted by atomic mass is 16.5. The van der Waals surface area contributed by atoms with Gasteiger partial charge in [0.1, 0.15) is 6.61 Å². The predicted octanol–water partition coefficient (Wildman–Crippen LogP) is 1.06. The molecule has 0 heterocycles. The van der Waals surface area contributed by atoms with E-state index in [0.29, 0.717) is 19.8 Å². The minimum absolute atomic E-state index is 0.0235. The van der Waals surface area contributed by atoms with Crippen molar-refractivity contribution < 1.29 is 14.3 Å². The summed E-state index contributed by atoms with van der Waals surface area (Å²) in [6.45, 7) is 3.30. The zero-order chi connectivity index (χ0) is 13.4. The van der Waals surface area contributed by atoms with E-state index in [2.05, 4.69) is 5.32 Å². The normalized spacial score (nSPS) is 10.4. The van der Waals surface area contributed by atoms with Gasteiger partial charge in [0.2, 0.25) is 5.91 Å². The first kappa shape index (κ1) is 14.6. The number of carbonyl (C=O) groups is 1. The molecular weight excluding hydrogens is 232 g/mol. The van der Waals surface area contributed by atoms with E-state index >= 15 is 0 Å². The van der Waals surface area contributed by atoms with Gasteiger partial charge in [0, 0.05) is 19.3 Å². The lowest BCUT2D eigenvalue weighted by atomic mass is 10.1. The van der Waals surface area contributed by atoms with Crippen molar-refractivity contribution in [2.75, 3.05) is 32.2 Å². The van der Waals surface area contributed by atoms with Gasteiger partial charge in [-0.15, -0.1) is 0 Å². The molecule has 1 aromatic carbocycles. The Labute approximate surface area is 107 Å². The first-order valence-corrected chi connectivity index (χ1v) is 5.83. The fourth-order valence-corrected chi connectivity index (χ4v) is 1.42. The third-order valence-electron chi connectivity index (χ3n) is 2.48. The Bertz CT molecular complexity index is 394. The second kappa shape index (κ2) is 7.81. The number of nitrogens with two attached hydrogens (primary N) is 1. The number of carbonyl (C=O) groups excluding carboxylic acids is 1. The third-order valence-corrected chi connectivity index (χ3v) is 2.48. The second-order valence-electron chi connectivity index (χ2n) is 3.95. The molecule has 1 amide bonds. The van der Waals surface area contributed by atoms with Crippen LogP contribution in [0.1, 0.15) is 11.1 Å². The molecule has 0 atom stereocenters. The number of rotatable bonds is 7. The molecule has 0 bridgehead atoms. The van der Waals surface area contributed by atoms with Crippen LogP contribution in [0.3, 0.4) is 0 Å². The molecule has 1 rings (SSSR count). The summed E-state index contributed by atoms with van der Waals surface area (Å²) >= 11 is 0. The summed E-state index contributed by atoms with van der Waals surface area (Å²) < 4.78 is 9.96. The summed E-state index contributed by atoms with van der Waals surface area (Å²) in [5.74, 6) is -0.177. The molecule has 1 aromatic rings. The quantitative estimate of drug-likeness (QED) is 0.711. The van der Waals surface area contributed by atoms with Crippen LogP contribution >= 0.6 is 0 Å². The molecule has 0 unspecified atom stereocenters. The highest BCUT2D eigenvalue weighted by molar-refractivity contribution is 5.92. The highest BCUT2D eigenvalue weighted by Gasteiger charge is 2.05. The number of amides is 1. The smallest absolute Gasteiger partial charge is 0.250 e. The topological polar surface area (TPSA) is 73.6 Å². The standard InChI is InChI=1S/C13H20N2O3/c1-10-3-4-11(8-14)7-12(10)15-13(16)9-18-6-5-17-2/h3-4,7H,5-6,8-9,14H2,1-2H3,(H,15,16). The zero-order valence-corrected chi connectivity index (χ0v) is 10.9. The summed E-state index contributed by atoms with van der Waals surface area (Å²) in [5, 5.41) is 2.80. The molecule has 18 heavy (non-hydrogen) atoms. The molecule has 5 nitrogen and oxygen atoms in total. The largest absolute Gasteiger partial charge is 0.382 e. The fourth-order valence-electron chi connectivity index (χ4n) is 1.42. The summed E-state index contributed by atoms with van der Waals surface area (Å²) in [7, 11) is 1.59. The third kappa shape index (κ3) is 4.83. The van der Waals surface area contributed by atoms with Crippen molar-refractivity contribution in [1.82, 2.24) is 0 Å². The van der Waals surface area contributed by atoms with Gasteiger partial charge in [0.25, 0.3) is 0 Å². The van der Waals surface area contributed by atoms with Crippen LogP contribution in [0.15, 0.2) is 18.2 Å². The average Bonchev–Trinajstić information content (AvgIpc) is 2.37. The van der Waals surface area contributed by atoms with E-state index in [1.165, 1.54) is 0 Å². The van der Waals surface area contributed by atoms with E-state index in [0.717, 1.165) is 16.8 Å². The number of nitrogens with one attached hydrogen (secondary N) is 1. The number of hydrogen-bond donors (Lipinski definition) is 2. The molecule has 5 heteroatoms. The Morgan fingerprint density at radius 3 is 2.83 bits per heavy atom. The van der Waals surface area contributed by atoms with Gasteiger partial charge in [-0.05, 0) is 24.1 Å². The second-order valence-corrected chi connectivity index (χ2v) is 3.95. The number of hydrogen-bond acceptors (Lipinski definition) is 4. The van der Waals surface area contributed by atoms with Crippen LogP contribution in [0.4, 0.5) is 5.69 Å². The summed E-state index contributed by atoms with van der Waals surface area (Å²) in [4.78, 5) is 11.6. The Hall–Kier alpha value is -1.43. The van der Waals surface area contributed by atoms with Gasteiger partial charge in [-0.3, -0.25) is 4.79 Å². The van der Waals surface area contributed by atoms with Crippen molar-refractivity contribution in [1.29, 1.82) is 0 Å². The van der Waals surface area contributed by atoms with Gasteiger partial charge < -0.3 is 20.5 Å². The molecule has 0 aliphatic rings. The van der Waals surface area contributed by atoms with Crippen LogP contribution in [0.2, 0.25) is 0 Å². The fraction of sp³-hybridized carbons (Fsp3) is 0.462. The monoisotopic (exact) mass is 252 g/mol. The lowest BCUT2D eigenvalue weighted by Gasteiger charge is -2.10. The summed E-state index contributed by atoms with van der Waals surface area (Å²) in [6, 6.07) is 5.76. The molecule has 0 aromatic heterocycles. The molecular formula is C13H20N2O3. The minimum Gasteiger partial charge on any atom is -0.382 e. The van der Waals surface area contributed by atoms with Gasteiger partial charge in [0.15, 0.2) is 0 Å². The van der Waals surface area contributed by atoms with Gasteiger partial charge in [-0.2, -0.15) is 0 Å².